The average molecular weight is 308 g/mol. The van der Waals surface area contributed by atoms with Crippen LogP contribution in [0.1, 0.15) is 19.8 Å². The van der Waals surface area contributed by atoms with Gasteiger partial charge in [0, 0.05) is 24.7 Å². The molecule has 7 heteroatoms. The van der Waals surface area contributed by atoms with Crippen LogP contribution < -0.4 is 16.2 Å². The van der Waals surface area contributed by atoms with E-state index in [0.717, 1.165) is 0 Å². The molecule has 0 saturated carbocycles. The highest BCUT2D eigenvalue weighted by Gasteiger charge is 2.47. The third kappa shape index (κ3) is 2.98. The first-order valence-corrected chi connectivity index (χ1v) is 7.18. The number of anilines is 1. The van der Waals surface area contributed by atoms with Gasteiger partial charge in [-0.1, -0.05) is 6.92 Å². The summed E-state index contributed by atoms with van der Waals surface area (Å²) in [6.07, 6.45) is -0.439. The van der Waals surface area contributed by atoms with Crippen molar-refractivity contribution in [1.29, 1.82) is 0 Å². The molecular weight excluding hydrogens is 289 g/mol. The van der Waals surface area contributed by atoms with Crippen molar-refractivity contribution in [3.63, 3.8) is 0 Å². The van der Waals surface area contributed by atoms with E-state index >= 15 is 0 Å². The van der Waals surface area contributed by atoms with Crippen LogP contribution in [0, 0.1) is 11.7 Å². The molecule has 1 aromatic carbocycles. The summed E-state index contributed by atoms with van der Waals surface area (Å²) >= 11 is 0. The van der Waals surface area contributed by atoms with E-state index in [4.69, 9.17) is 5.73 Å². The van der Waals surface area contributed by atoms with Crippen LogP contribution in [-0.2, 0) is 4.79 Å². The second-order valence-corrected chi connectivity index (χ2v) is 5.53. The molecule has 1 aliphatic rings. The van der Waals surface area contributed by atoms with E-state index in [9.17, 15) is 19.1 Å². The second-order valence-electron chi connectivity index (χ2n) is 5.53. The fourth-order valence-electron chi connectivity index (χ4n) is 3.01. The van der Waals surface area contributed by atoms with Crippen LogP contribution in [-0.4, -0.2) is 35.5 Å². The molecule has 6 nitrogen and oxygen atoms in total. The monoisotopic (exact) mass is 308 g/mol. The van der Waals surface area contributed by atoms with Gasteiger partial charge in [-0.2, -0.15) is 0 Å². The predicted octanol–water partition coefficient (Wildman–Crippen LogP) is 0.537. The smallest absolute Gasteiger partial charge is 0.243 e. The zero-order chi connectivity index (χ0) is 16.3. The molecule has 1 heterocycles. The molecule has 1 saturated heterocycles. The number of likely N-dealkylation sites (tertiary alicyclic amines) is 1. The molecule has 2 rings (SSSR count). The number of carboxylic acid groups (broad SMARTS) is 1. The van der Waals surface area contributed by atoms with E-state index in [2.05, 4.69) is 5.32 Å². The lowest BCUT2D eigenvalue weighted by molar-refractivity contribution is -0.267. The predicted molar refractivity (Wildman–Crippen MR) is 77.3 cm³/mol. The minimum Gasteiger partial charge on any atom is -0.530 e. The number of rotatable bonds is 4. The number of primary amides is 1. The second kappa shape index (κ2) is 6.21. The van der Waals surface area contributed by atoms with Gasteiger partial charge in [-0.3, -0.25) is 4.79 Å². The highest BCUT2D eigenvalue weighted by atomic mass is 19.1. The molecule has 1 aliphatic heterocycles. The summed E-state index contributed by atoms with van der Waals surface area (Å²) < 4.78 is 13.0. The SMILES string of the molecule is CCC1CN(C(=O)[O-])CCC1(Nc1ccc(F)cc1)C(N)=O. The number of nitrogens with zero attached hydrogens (tertiary/aromatic N) is 1. The van der Waals surface area contributed by atoms with Gasteiger partial charge in [0.2, 0.25) is 5.91 Å². The van der Waals surface area contributed by atoms with Gasteiger partial charge in [0.25, 0.3) is 0 Å². The lowest BCUT2D eigenvalue weighted by atomic mass is 9.75. The van der Waals surface area contributed by atoms with Gasteiger partial charge < -0.3 is 25.9 Å². The van der Waals surface area contributed by atoms with Crippen molar-refractivity contribution < 1.29 is 19.1 Å². The van der Waals surface area contributed by atoms with Crippen LogP contribution >= 0.6 is 0 Å². The topological polar surface area (TPSA) is 98.5 Å². The van der Waals surface area contributed by atoms with E-state index in [1.807, 2.05) is 6.92 Å². The molecule has 0 bridgehead atoms. The van der Waals surface area contributed by atoms with Crippen LogP contribution in [0.4, 0.5) is 14.9 Å². The number of nitrogens with one attached hydrogen (secondary N) is 1. The molecule has 2 atom stereocenters. The van der Waals surface area contributed by atoms with Crippen molar-refractivity contribution in [2.45, 2.75) is 25.3 Å². The molecule has 120 valence electrons. The molecule has 0 aromatic heterocycles. The summed E-state index contributed by atoms with van der Waals surface area (Å²) in [5.74, 6) is -1.21. The van der Waals surface area contributed by atoms with E-state index in [0.29, 0.717) is 12.1 Å². The summed E-state index contributed by atoms with van der Waals surface area (Å²) in [5, 5.41) is 14.1. The Morgan fingerprint density at radius 1 is 1.45 bits per heavy atom. The van der Waals surface area contributed by atoms with Crippen LogP contribution in [0.5, 0.6) is 0 Å². The first kappa shape index (κ1) is 16.1. The summed E-state index contributed by atoms with van der Waals surface area (Å²) in [7, 11) is 0. The Hall–Kier alpha value is -2.31. The number of nitrogens with two attached hydrogens (primary N) is 1. The molecular formula is C15H19FN3O3-. The van der Waals surface area contributed by atoms with Gasteiger partial charge in [-0.15, -0.1) is 0 Å². The lowest BCUT2D eigenvalue weighted by Gasteiger charge is -2.47. The quantitative estimate of drug-likeness (QED) is 0.848. The number of hydrogen-bond acceptors (Lipinski definition) is 4. The van der Waals surface area contributed by atoms with Crippen LogP contribution in [0.15, 0.2) is 24.3 Å². The molecule has 1 fully saturated rings. The molecule has 0 aliphatic carbocycles. The fourth-order valence-corrected chi connectivity index (χ4v) is 3.01. The van der Waals surface area contributed by atoms with Crippen molar-refractivity contribution in [1.82, 2.24) is 4.90 Å². The molecule has 3 N–H and O–H groups in total. The normalized spacial score (nSPS) is 24.8. The maximum atomic E-state index is 13.0. The summed E-state index contributed by atoms with van der Waals surface area (Å²) in [5.41, 5.74) is 5.12. The Bertz CT molecular complexity index is 564. The van der Waals surface area contributed by atoms with Gasteiger partial charge in [0.1, 0.15) is 17.4 Å². The fraction of sp³-hybridized carbons (Fsp3) is 0.467. The van der Waals surface area contributed by atoms with Crippen LogP contribution in [0.3, 0.4) is 0 Å². The van der Waals surface area contributed by atoms with Crippen molar-refractivity contribution in [3.8, 4) is 0 Å². The van der Waals surface area contributed by atoms with E-state index in [1.54, 1.807) is 0 Å². The standard InChI is InChI=1S/C15H20FN3O3/c1-2-10-9-19(14(21)22)8-7-15(10,13(17)20)18-12-5-3-11(16)4-6-12/h3-6,10,18H,2,7-9H2,1H3,(H2,17,20)(H,21,22)/p-1. The summed E-state index contributed by atoms with van der Waals surface area (Å²) in [6.45, 7) is 2.21. The van der Waals surface area contributed by atoms with Crippen molar-refractivity contribution in [2.75, 3.05) is 18.4 Å². The number of amides is 2. The zero-order valence-corrected chi connectivity index (χ0v) is 12.3. The number of carbonyl (C=O) groups excluding carboxylic acids is 2. The van der Waals surface area contributed by atoms with Gasteiger partial charge in [-0.25, -0.2) is 4.39 Å². The van der Waals surface area contributed by atoms with Crippen molar-refractivity contribution >= 4 is 17.7 Å². The number of benzene rings is 1. The van der Waals surface area contributed by atoms with Crippen molar-refractivity contribution in [2.24, 2.45) is 11.7 Å². The number of halogens is 1. The summed E-state index contributed by atoms with van der Waals surface area (Å²) in [4.78, 5) is 24.3. The van der Waals surface area contributed by atoms with Gasteiger partial charge in [-0.05, 0) is 37.1 Å². The largest absolute Gasteiger partial charge is 0.530 e. The van der Waals surface area contributed by atoms with Crippen LogP contribution in [0.2, 0.25) is 0 Å². The van der Waals surface area contributed by atoms with Crippen LogP contribution in [0.25, 0.3) is 0 Å². The Morgan fingerprint density at radius 2 is 2.09 bits per heavy atom. The summed E-state index contributed by atoms with van der Waals surface area (Å²) in [6, 6.07) is 5.62. The maximum absolute atomic E-state index is 13.0. The van der Waals surface area contributed by atoms with E-state index < -0.39 is 17.5 Å². The zero-order valence-electron chi connectivity index (χ0n) is 12.3. The minimum atomic E-state index is -1.25. The molecule has 0 radical (unpaired) electrons. The minimum absolute atomic E-state index is 0.163. The molecule has 1 aromatic rings. The lowest BCUT2D eigenvalue weighted by Crippen LogP contribution is -2.64. The third-order valence-electron chi connectivity index (χ3n) is 4.32. The molecule has 2 unspecified atom stereocenters. The number of piperidine rings is 1. The first-order chi connectivity index (χ1) is 10.4. The highest BCUT2D eigenvalue weighted by Crippen LogP contribution is 2.34. The average Bonchev–Trinajstić information content (AvgIpc) is 2.49. The number of carbonyl (C=O) groups is 2. The Morgan fingerprint density at radius 3 is 2.59 bits per heavy atom. The van der Waals surface area contributed by atoms with Gasteiger partial charge >= 0.3 is 0 Å². The Labute approximate surface area is 128 Å². The highest BCUT2D eigenvalue weighted by molar-refractivity contribution is 5.89. The Balaban J connectivity index is 2.29. The van der Waals surface area contributed by atoms with E-state index in [-0.39, 0.29) is 31.2 Å². The van der Waals surface area contributed by atoms with E-state index in [1.165, 1.54) is 29.2 Å². The Kier molecular flexibility index (Phi) is 4.54. The molecule has 2 amide bonds. The van der Waals surface area contributed by atoms with Gasteiger partial charge in [0.15, 0.2) is 0 Å². The molecule has 0 spiro atoms. The number of hydrogen-bond donors (Lipinski definition) is 2. The molecule has 22 heavy (non-hydrogen) atoms. The first-order valence-electron chi connectivity index (χ1n) is 7.18. The third-order valence-corrected chi connectivity index (χ3v) is 4.32. The van der Waals surface area contributed by atoms with Crippen molar-refractivity contribution in [3.05, 3.63) is 30.1 Å². The maximum Gasteiger partial charge on any atom is 0.243 e. The van der Waals surface area contributed by atoms with Gasteiger partial charge in [0.05, 0.1) is 0 Å².